The van der Waals surface area contributed by atoms with Gasteiger partial charge in [-0.15, -0.1) is 12.4 Å². The fourth-order valence-electron chi connectivity index (χ4n) is 6.72. The number of primary amides is 1. The number of halogens is 1. The maximum Gasteiger partial charge on any atom is 0.234 e. The minimum atomic E-state index is -0.161. The molecule has 3 unspecified atom stereocenters. The highest BCUT2D eigenvalue weighted by Gasteiger charge is 2.49. The molecule has 1 aromatic heterocycles. The summed E-state index contributed by atoms with van der Waals surface area (Å²) >= 11 is 0. The van der Waals surface area contributed by atoms with Crippen LogP contribution in [0.2, 0.25) is 0 Å². The Labute approximate surface area is 189 Å². The summed E-state index contributed by atoms with van der Waals surface area (Å²) in [5.41, 5.74) is 13.0. The zero-order chi connectivity index (χ0) is 20.2. The van der Waals surface area contributed by atoms with Gasteiger partial charge in [0.05, 0.1) is 12.1 Å². The van der Waals surface area contributed by atoms with Crippen molar-refractivity contribution in [3.63, 3.8) is 0 Å². The number of rotatable bonds is 2. The van der Waals surface area contributed by atoms with Crippen LogP contribution in [0.25, 0.3) is 10.9 Å². The van der Waals surface area contributed by atoms with Crippen LogP contribution in [0.4, 0.5) is 0 Å². The van der Waals surface area contributed by atoms with Crippen molar-refractivity contribution in [2.75, 3.05) is 6.54 Å². The first-order valence-electron chi connectivity index (χ1n) is 11.4. The van der Waals surface area contributed by atoms with Gasteiger partial charge in [-0.05, 0) is 79.7 Å². The Hall–Kier alpha value is -2.30. The molecule has 1 saturated heterocycles. The van der Waals surface area contributed by atoms with E-state index in [2.05, 4.69) is 58.4 Å². The first kappa shape index (κ1) is 20.6. The van der Waals surface area contributed by atoms with Crippen LogP contribution in [-0.2, 0) is 17.6 Å². The Kier molecular flexibility index (Phi) is 5.31. The molecule has 3 heterocycles. The molecule has 4 atom stereocenters. The van der Waals surface area contributed by atoms with Crippen LogP contribution in [0.1, 0.15) is 60.0 Å². The van der Waals surface area contributed by atoms with Gasteiger partial charge in [0, 0.05) is 16.6 Å². The molecule has 0 radical (unpaired) electrons. The number of nitrogens with zero attached hydrogens (tertiary/aromatic N) is 1. The van der Waals surface area contributed by atoms with Gasteiger partial charge in [0.2, 0.25) is 5.91 Å². The van der Waals surface area contributed by atoms with Gasteiger partial charge in [-0.2, -0.15) is 0 Å². The summed E-state index contributed by atoms with van der Waals surface area (Å²) in [6.45, 7) is 0.944. The number of benzene rings is 2. The maximum atomic E-state index is 12.5. The van der Waals surface area contributed by atoms with Crippen molar-refractivity contribution in [1.29, 1.82) is 0 Å². The predicted octanol–water partition coefficient (Wildman–Crippen LogP) is 4.87. The van der Waals surface area contributed by atoms with Crippen molar-refractivity contribution in [2.24, 2.45) is 11.7 Å². The van der Waals surface area contributed by atoms with E-state index in [9.17, 15) is 4.79 Å². The molecule has 3 aromatic rings. The molecule has 162 valence electrons. The Balaban J connectivity index is 0.00000204. The fraction of sp³-hybridized carbons (Fsp3) is 0.423. The van der Waals surface area contributed by atoms with Gasteiger partial charge in [0.15, 0.2) is 0 Å². The standard InChI is InChI=1S/C26H29N3O.ClH/c27-26(30)23-15-21(18-11-5-8-16-7-1-2-9-17(16)18)25-24-20(12-6-14-29(23)25)19-10-3-4-13-22(19)28-24;/h1-4,7,9-10,13,18,21,23,25,28H,5-6,8,11-12,14-15H2,(H2,27,30);1H/t18-,21?,23?,25?;/m0./s1. The van der Waals surface area contributed by atoms with Crippen LogP contribution >= 0.6 is 12.4 Å². The van der Waals surface area contributed by atoms with Gasteiger partial charge in [0.25, 0.3) is 0 Å². The van der Waals surface area contributed by atoms with Crippen molar-refractivity contribution in [2.45, 2.75) is 56.5 Å². The lowest BCUT2D eigenvalue weighted by Gasteiger charge is -2.35. The van der Waals surface area contributed by atoms with E-state index >= 15 is 0 Å². The second-order valence-corrected chi connectivity index (χ2v) is 9.36. The SMILES string of the molecule is Cl.NC(=O)C1CC([C@H]2CCCc3ccccc32)C2c3[nH]c4ccccc4c3CCCN12. The Morgan fingerprint density at radius 2 is 1.84 bits per heavy atom. The van der Waals surface area contributed by atoms with Gasteiger partial charge in [-0.3, -0.25) is 9.69 Å². The molecule has 2 aromatic carbocycles. The molecular weight excluding hydrogens is 406 g/mol. The van der Waals surface area contributed by atoms with Crippen LogP contribution in [0.15, 0.2) is 48.5 Å². The number of nitrogens with one attached hydrogen (secondary N) is 1. The van der Waals surface area contributed by atoms with E-state index in [-0.39, 0.29) is 30.4 Å². The number of H-pyrrole nitrogens is 1. The highest BCUT2D eigenvalue weighted by molar-refractivity contribution is 5.86. The molecule has 31 heavy (non-hydrogen) atoms. The lowest BCUT2D eigenvalue weighted by molar-refractivity contribution is -0.122. The van der Waals surface area contributed by atoms with Gasteiger partial charge in [-0.25, -0.2) is 0 Å². The van der Waals surface area contributed by atoms with E-state index in [0.717, 1.165) is 25.8 Å². The molecule has 0 bridgehead atoms. The van der Waals surface area contributed by atoms with Crippen molar-refractivity contribution in [3.8, 4) is 0 Å². The van der Waals surface area contributed by atoms with Gasteiger partial charge < -0.3 is 10.7 Å². The number of nitrogens with two attached hydrogens (primary N) is 1. The fourth-order valence-corrected chi connectivity index (χ4v) is 6.72. The largest absolute Gasteiger partial charge is 0.368 e. The summed E-state index contributed by atoms with van der Waals surface area (Å²) in [5.74, 6) is 0.740. The number of aromatic amines is 1. The topological polar surface area (TPSA) is 62.1 Å². The van der Waals surface area contributed by atoms with Crippen molar-refractivity contribution < 1.29 is 4.79 Å². The molecule has 5 heteroatoms. The van der Waals surface area contributed by atoms with E-state index in [1.54, 1.807) is 0 Å². The summed E-state index contributed by atoms with van der Waals surface area (Å²) in [4.78, 5) is 18.7. The average Bonchev–Trinajstić information content (AvgIpc) is 3.27. The molecular formula is C26H30ClN3O. The first-order valence-corrected chi connectivity index (χ1v) is 11.4. The van der Waals surface area contributed by atoms with Gasteiger partial charge in [0.1, 0.15) is 0 Å². The van der Waals surface area contributed by atoms with Crippen LogP contribution < -0.4 is 5.73 Å². The first-order chi connectivity index (χ1) is 14.7. The number of aromatic nitrogens is 1. The van der Waals surface area contributed by atoms with Crippen molar-refractivity contribution in [1.82, 2.24) is 9.88 Å². The molecule has 3 aliphatic rings. The highest BCUT2D eigenvalue weighted by atomic mass is 35.5. The summed E-state index contributed by atoms with van der Waals surface area (Å²) in [6.07, 6.45) is 6.60. The predicted molar refractivity (Wildman–Crippen MR) is 127 cm³/mol. The van der Waals surface area contributed by atoms with E-state index in [0.29, 0.717) is 11.8 Å². The number of carbonyl (C=O) groups excluding carboxylic acids is 1. The maximum absolute atomic E-state index is 12.5. The molecule has 2 aliphatic heterocycles. The Morgan fingerprint density at radius 1 is 1.03 bits per heavy atom. The molecule has 1 amide bonds. The van der Waals surface area contributed by atoms with Crippen LogP contribution in [-0.4, -0.2) is 28.4 Å². The zero-order valence-electron chi connectivity index (χ0n) is 17.7. The number of fused-ring (bicyclic) bond motifs is 6. The molecule has 0 saturated carbocycles. The minimum absolute atomic E-state index is 0. The third-order valence-corrected chi connectivity index (χ3v) is 7.91. The summed E-state index contributed by atoms with van der Waals surface area (Å²) < 4.78 is 0. The molecule has 3 N–H and O–H groups in total. The van der Waals surface area contributed by atoms with E-state index in [4.69, 9.17) is 5.73 Å². The monoisotopic (exact) mass is 435 g/mol. The Bertz CT molecular complexity index is 1120. The second-order valence-electron chi connectivity index (χ2n) is 9.36. The summed E-state index contributed by atoms with van der Waals surface area (Å²) in [5, 5.41) is 1.35. The van der Waals surface area contributed by atoms with E-state index in [1.165, 1.54) is 52.5 Å². The average molecular weight is 436 g/mol. The number of para-hydroxylation sites is 1. The molecule has 1 fully saturated rings. The lowest BCUT2D eigenvalue weighted by atomic mass is 9.72. The van der Waals surface area contributed by atoms with Crippen LogP contribution in [0, 0.1) is 5.92 Å². The number of aryl methyl sites for hydroxylation is 2. The van der Waals surface area contributed by atoms with Gasteiger partial charge >= 0.3 is 0 Å². The number of carbonyl (C=O) groups is 1. The quantitative estimate of drug-likeness (QED) is 0.603. The minimum Gasteiger partial charge on any atom is -0.368 e. The third kappa shape index (κ3) is 3.19. The number of hydrogen-bond acceptors (Lipinski definition) is 2. The van der Waals surface area contributed by atoms with Crippen molar-refractivity contribution in [3.05, 3.63) is 70.9 Å². The van der Waals surface area contributed by atoms with Crippen LogP contribution in [0.3, 0.4) is 0 Å². The van der Waals surface area contributed by atoms with Gasteiger partial charge in [-0.1, -0.05) is 42.5 Å². The molecule has 0 spiro atoms. The van der Waals surface area contributed by atoms with E-state index < -0.39 is 0 Å². The lowest BCUT2D eigenvalue weighted by Crippen LogP contribution is -2.41. The van der Waals surface area contributed by atoms with Crippen molar-refractivity contribution >= 4 is 29.2 Å². The molecule has 6 rings (SSSR count). The molecule has 4 nitrogen and oxygen atoms in total. The second kappa shape index (κ2) is 7.99. The summed E-state index contributed by atoms with van der Waals surface area (Å²) in [6, 6.07) is 17.7. The Morgan fingerprint density at radius 3 is 2.71 bits per heavy atom. The zero-order valence-corrected chi connectivity index (χ0v) is 18.5. The molecule has 1 aliphatic carbocycles. The highest BCUT2D eigenvalue weighted by Crippen LogP contribution is 2.53. The van der Waals surface area contributed by atoms with E-state index in [1.807, 2.05) is 0 Å². The number of hydrogen-bond donors (Lipinski definition) is 2. The normalized spacial score (nSPS) is 27.6. The number of amides is 1. The van der Waals surface area contributed by atoms with Crippen LogP contribution in [0.5, 0.6) is 0 Å². The third-order valence-electron chi connectivity index (χ3n) is 7.91. The smallest absolute Gasteiger partial charge is 0.234 e. The summed E-state index contributed by atoms with van der Waals surface area (Å²) in [7, 11) is 0.